The van der Waals surface area contributed by atoms with Gasteiger partial charge in [0.1, 0.15) is 16.1 Å². The minimum Gasteiger partial charge on any atom is -0.491 e. The molecule has 2 N–H and O–H groups in total. The van der Waals surface area contributed by atoms with Crippen LogP contribution in [0, 0.1) is 10.8 Å². The Hall–Kier alpha value is -1.81. The molecule has 6 nitrogen and oxygen atoms in total. The lowest BCUT2D eigenvalue weighted by Gasteiger charge is -2.30. The Morgan fingerprint density at radius 3 is 2.88 bits per heavy atom. The van der Waals surface area contributed by atoms with Gasteiger partial charge in [-0.3, -0.25) is 15.4 Å². The number of thioether (sulfide) groups is 2. The third-order valence-corrected chi connectivity index (χ3v) is 7.82. The Morgan fingerprint density at radius 2 is 2.16 bits per heavy atom. The van der Waals surface area contributed by atoms with Gasteiger partial charge in [0.25, 0.3) is 0 Å². The number of nitrogens with one attached hydrogen (secondary N) is 2. The lowest BCUT2D eigenvalue weighted by molar-refractivity contribution is -0.0379. The molecule has 0 saturated heterocycles. The summed E-state index contributed by atoms with van der Waals surface area (Å²) >= 11 is 4.47. The number of hydrogen-bond acceptors (Lipinski definition) is 8. The van der Waals surface area contributed by atoms with Crippen molar-refractivity contribution < 1.29 is 9.47 Å². The molecule has 0 saturated carbocycles. The molecule has 1 aliphatic heterocycles. The Morgan fingerprint density at radius 1 is 1.38 bits per heavy atom. The van der Waals surface area contributed by atoms with Crippen molar-refractivity contribution in [1.82, 2.24) is 9.55 Å². The molecule has 0 unspecified atom stereocenters. The second kappa shape index (κ2) is 9.21. The molecular formula is C23H28N4O2S3. The van der Waals surface area contributed by atoms with Crippen LogP contribution in [0.15, 0.2) is 29.4 Å². The molecule has 32 heavy (non-hydrogen) atoms. The smallest absolute Gasteiger partial charge is 0.176 e. The summed E-state index contributed by atoms with van der Waals surface area (Å²) in [6, 6.07) is 7.97. The van der Waals surface area contributed by atoms with Crippen molar-refractivity contribution in [2.45, 2.75) is 63.3 Å². The topological polar surface area (TPSA) is 84.0 Å². The van der Waals surface area contributed by atoms with Crippen LogP contribution in [0.4, 0.5) is 0 Å². The molecule has 0 fully saturated rings. The molecule has 0 amide bonds. The van der Waals surface area contributed by atoms with Gasteiger partial charge in [0, 0.05) is 17.1 Å². The van der Waals surface area contributed by atoms with Crippen LogP contribution in [0.25, 0.3) is 10.2 Å². The normalized spacial score (nSPS) is 15.2. The van der Waals surface area contributed by atoms with Crippen LogP contribution in [0.1, 0.15) is 43.7 Å². The fourth-order valence-electron chi connectivity index (χ4n) is 3.73. The molecule has 0 radical (unpaired) electrons. The van der Waals surface area contributed by atoms with Crippen molar-refractivity contribution in [3.63, 3.8) is 0 Å². The minimum atomic E-state index is -0.262. The summed E-state index contributed by atoms with van der Waals surface area (Å²) in [5.41, 5.74) is 2.30. The summed E-state index contributed by atoms with van der Waals surface area (Å²) in [5, 5.41) is 19.6. The Kier molecular flexibility index (Phi) is 6.72. The van der Waals surface area contributed by atoms with E-state index in [1.165, 1.54) is 23.5 Å². The van der Waals surface area contributed by atoms with Crippen molar-refractivity contribution in [1.29, 1.82) is 10.8 Å². The summed E-state index contributed by atoms with van der Waals surface area (Å²) in [5.74, 6) is 1.45. The number of hydrogen-bond donors (Lipinski definition) is 2. The van der Waals surface area contributed by atoms with E-state index in [-0.39, 0.29) is 11.7 Å². The van der Waals surface area contributed by atoms with Crippen molar-refractivity contribution in [2.75, 3.05) is 6.26 Å². The van der Waals surface area contributed by atoms with Crippen molar-refractivity contribution in [2.24, 2.45) is 0 Å². The monoisotopic (exact) mass is 488 g/mol. The standard InChI is InChI=1S/C23H28N4O2S3/c1-13(2)29-15-8-6-7-14(9-15)12-31-21(25)27-19(24)18-16-10-23(3,4)28-11-17(16)32-20(18)26-22(27)30-5/h6-9,13,24-25H,10-12H2,1-5H3. The van der Waals surface area contributed by atoms with Crippen molar-refractivity contribution >= 4 is 50.2 Å². The minimum absolute atomic E-state index is 0.117. The molecule has 0 aliphatic carbocycles. The van der Waals surface area contributed by atoms with Gasteiger partial charge in [0.05, 0.1) is 23.7 Å². The van der Waals surface area contributed by atoms with E-state index in [1.54, 1.807) is 15.9 Å². The zero-order valence-corrected chi connectivity index (χ0v) is 21.4. The number of rotatable bonds is 5. The van der Waals surface area contributed by atoms with E-state index in [1.807, 2.05) is 44.4 Å². The van der Waals surface area contributed by atoms with Gasteiger partial charge in [-0.2, -0.15) is 0 Å². The lowest BCUT2D eigenvalue weighted by atomic mass is 9.94. The highest BCUT2D eigenvalue weighted by molar-refractivity contribution is 8.13. The maximum absolute atomic E-state index is 9.00. The van der Waals surface area contributed by atoms with Gasteiger partial charge in [0.2, 0.25) is 0 Å². The summed E-state index contributed by atoms with van der Waals surface area (Å²) < 4.78 is 13.4. The van der Waals surface area contributed by atoms with Crippen molar-refractivity contribution in [3.05, 3.63) is 45.8 Å². The van der Waals surface area contributed by atoms with Gasteiger partial charge in [0.15, 0.2) is 10.3 Å². The SMILES string of the molecule is CSc1nc2sc3c(c2c(=N)n1C(=N)SCc1cccc(OC(C)C)c1)CC(C)(C)OC3. The van der Waals surface area contributed by atoms with E-state index < -0.39 is 0 Å². The molecule has 1 aromatic carbocycles. The van der Waals surface area contributed by atoms with Gasteiger partial charge in [-0.15, -0.1) is 11.3 Å². The van der Waals surface area contributed by atoms with Crippen LogP contribution >= 0.6 is 34.9 Å². The van der Waals surface area contributed by atoms with Crippen LogP contribution in [0.3, 0.4) is 0 Å². The summed E-state index contributed by atoms with van der Waals surface area (Å²) in [6.07, 6.45) is 2.80. The highest BCUT2D eigenvalue weighted by Gasteiger charge is 2.31. The summed E-state index contributed by atoms with van der Waals surface area (Å²) in [6.45, 7) is 8.73. The molecule has 3 aromatic rings. The fraction of sp³-hybridized carbons (Fsp3) is 0.435. The molecule has 9 heteroatoms. The molecule has 3 heterocycles. The van der Waals surface area contributed by atoms with Crippen LogP contribution in [-0.4, -0.2) is 32.7 Å². The Bertz CT molecular complexity index is 1230. The fourth-order valence-corrected chi connectivity index (χ4v) is 6.28. The number of ether oxygens (including phenoxy) is 2. The molecule has 0 bridgehead atoms. The van der Waals surface area contributed by atoms with Crippen molar-refractivity contribution in [3.8, 4) is 5.75 Å². The van der Waals surface area contributed by atoms with E-state index in [9.17, 15) is 0 Å². The second-order valence-electron chi connectivity index (χ2n) is 8.60. The van der Waals surface area contributed by atoms with E-state index in [0.717, 1.165) is 38.4 Å². The third kappa shape index (κ3) is 4.76. The molecular weight excluding hydrogens is 460 g/mol. The summed E-state index contributed by atoms with van der Waals surface area (Å²) in [7, 11) is 0. The summed E-state index contributed by atoms with van der Waals surface area (Å²) in [4.78, 5) is 6.83. The van der Waals surface area contributed by atoms with E-state index in [4.69, 9.17) is 25.3 Å². The molecule has 4 rings (SSSR count). The first-order valence-electron chi connectivity index (χ1n) is 10.5. The van der Waals surface area contributed by atoms with Gasteiger partial charge >= 0.3 is 0 Å². The number of benzene rings is 1. The zero-order chi connectivity index (χ0) is 23.0. The first kappa shape index (κ1) is 23.4. The quantitative estimate of drug-likeness (QED) is 0.210. The maximum Gasteiger partial charge on any atom is 0.176 e. The molecule has 2 aromatic heterocycles. The van der Waals surface area contributed by atoms with Gasteiger partial charge in [-0.1, -0.05) is 35.7 Å². The average molecular weight is 489 g/mol. The predicted octanol–water partition coefficient (Wildman–Crippen LogP) is 5.65. The Labute approximate surface area is 200 Å². The van der Waals surface area contributed by atoms with Crippen LogP contribution in [-0.2, 0) is 23.5 Å². The predicted molar refractivity (Wildman–Crippen MR) is 134 cm³/mol. The first-order chi connectivity index (χ1) is 15.2. The highest BCUT2D eigenvalue weighted by atomic mass is 32.2. The van der Waals surface area contributed by atoms with Crippen LogP contribution in [0.5, 0.6) is 5.75 Å². The van der Waals surface area contributed by atoms with Crippen LogP contribution in [0.2, 0.25) is 0 Å². The number of thiophene rings is 1. The lowest BCUT2D eigenvalue weighted by Crippen LogP contribution is -2.33. The highest BCUT2D eigenvalue weighted by Crippen LogP contribution is 2.37. The third-order valence-electron chi connectivity index (χ3n) is 5.15. The molecule has 170 valence electrons. The maximum atomic E-state index is 9.00. The Balaban J connectivity index is 1.65. The molecule has 1 aliphatic rings. The number of nitrogens with zero attached hydrogens (tertiary/aromatic N) is 2. The largest absolute Gasteiger partial charge is 0.491 e. The van der Waals surface area contributed by atoms with E-state index in [2.05, 4.69) is 13.8 Å². The second-order valence-corrected chi connectivity index (χ2v) is 11.4. The van der Waals surface area contributed by atoms with Gasteiger partial charge < -0.3 is 9.47 Å². The van der Waals surface area contributed by atoms with E-state index in [0.29, 0.717) is 28.2 Å². The zero-order valence-electron chi connectivity index (χ0n) is 18.9. The number of aromatic nitrogens is 2. The molecule has 0 spiro atoms. The van der Waals surface area contributed by atoms with E-state index >= 15 is 0 Å². The first-order valence-corrected chi connectivity index (χ1v) is 13.5. The van der Waals surface area contributed by atoms with Gasteiger partial charge in [-0.25, -0.2) is 4.98 Å². The van der Waals surface area contributed by atoms with Gasteiger partial charge in [-0.05, 0) is 57.2 Å². The molecule has 0 atom stereocenters. The number of fused-ring (bicyclic) bond motifs is 3. The average Bonchev–Trinajstić information content (AvgIpc) is 3.08. The van der Waals surface area contributed by atoms with Crippen LogP contribution < -0.4 is 10.2 Å².